The predicted octanol–water partition coefficient (Wildman–Crippen LogP) is 0.168. The highest BCUT2D eigenvalue weighted by molar-refractivity contribution is 8.01. The number of aliphatic carboxylic acids is 1. The van der Waals surface area contributed by atoms with Gasteiger partial charge in [-0.15, -0.1) is 11.8 Å². The van der Waals surface area contributed by atoms with Gasteiger partial charge in [0.1, 0.15) is 17.5 Å². The second kappa shape index (κ2) is 5.25. The molecule has 0 aromatic rings. The SMILES string of the molecule is COC(=O)C=C(C)N[C@@H]1C(=O)N2[C@@H]1SC(C)(C)[C@@H]2C(=O)O. The molecule has 2 fully saturated rings. The quantitative estimate of drug-likeness (QED) is 0.434. The number of rotatable bonds is 4. The van der Waals surface area contributed by atoms with Crippen LogP contribution < -0.4 is 5.32 Å². The van der Waals surface area contributed by atoms with Crippen LogP contribution in [0.3, 0.4) is 0 Å². The Bertz CT molecular complexity index is 531. The highest BCUT2D eigenvalue weighted by atomic mass is 32.2. The number of methoxy groups -OCH3 is 1. The van der Waals surface area contributed by atoms with Gasteiger partial charge in [0.05, 0.1) is 7.11 Å². The van der Waals surface area contributed by atoms with Crippen molar-refractivity contribution < 1.29 is 24.2 Å². The van der Waals surface area contributed by atoms with Crippen molar-refractivity contribution >= 4 is 29.6 Å². The maximum absolute atomic E-state index is 12.2. The van der Waals surface area contributed by atoms with Crippen LogP contribution in [0.15, 0.2) is 11.8 Å². The first-order chi connectivity index (χ1) is 9.69. The number of hydrogen-bond acceptors (Lipinski definition) is 6. The van der Waals surface area contributed by atoms with Crippen molar-refractivity contribution in [1.82, 2.24) is 10.2 Å². The number of fused-ring (bicyclic) bond motifs is 1. The minimum atomic E-state index is -0.997. The molecule has 2 aliphatic rings. The summed E-state index contributed by atoms with van der Waals surface area (Å²) in [5, 5.41) is 12.0. The van der Waals surface area contributed by atoms with Crippen LogP contribution in [0.1, 0.15) is 20.8 Å². The highest BCUT2D eigenvalue weighted by Crippen LogP contribution is 2.50. The molecule has 0 saturated carbocycles. The molecule has 2 saturated heterocycles. The van der Waals surface area contributed by atoms with Crippen LogP contribution in [-0.2, 0) is 19.1 Å². The summed E-state index contributed by atoms with van der Waals surface area (Å²) in [5.41, 5.74) is 0.511. The van der Waals surface area contributed by atoms with Gasteiger partial charge in [0.2, 0.25) is 5.91 Å². The zero-order chi connectivity index (χ0) is 15.9. The normalized spacial score (nSPS) is 30.5. The van der Waals surface area contributed by atoms with E-state index < -0.39 is 28.8 Å². The summed E-state index contributed by atoms with van der Waals surface area (Å²) < 4.78 is 3.96. The molecule has 21 heavy (non-hydrogen) atoms. The van der Waals surface area contributed by atoms with Crippen molar-refractivity contribution in [3.63, 3.8) is 0 Å². The van der Waals surface area contributed by atoms with E-state index in [4.69, 9.17) is 0 Å². The fourth-order valence-electron chi connectivity index (χ4n) is 2.67. The summed E-state index contributed by atoms with van der Waals surface area (Å²) in [6.45, 7) is 5.29. The summed E-state index contributed by atoms with van der Waals surface area (Å²) in [5.74, 6) is -1.77. The first kappa shape index (κ1) is 15.7. The van der Waals surface area contributed by atoms with Crippen molar-refractivity contribution in [3.8, 4) is 0 Å². The first-order valence-corrected chi connectivity index (χ1v) is 7.32. The van der Waals surface area contributed by atoms with Crippen LogP contribution in [0.25, 0.3) is 0 Å². The van der Waals surface area contributed by atoms with Crippen LogP contribution in [-0.4, -0.2) is 57.2 Å². The van der Waals surface area contributed by atoms with E-state index in [1.165, 1.54) is 29.8 Å². The molecule has 1 amide bonds. The Morgan fingerprint density at radius 2 is 2.10 bits per heavy atom. The zero-order valence-corrected chi connectivity index (χ0v) is 13.1. The van der Waals surface area contributed by atoms with Gasteiger partial charge in [0.25, 0.3) is 0 Å². The zero-order valence-electron chi connectivity index (χ0n) is 12.2. The van der Waals surface area contributed by atoms with Crippen molar-refractivity contribution in [1.29, 1.82) is 0 Å². The van der Waals surface area contributed by atoms with Gasteiger partial charge in [0.15, 0.2) is 0 Å². The maximum atomic E-state index is 12.2. The lowest BCUT2D eigenvalue weighted by Gasteiger charge is -2.44. The Balaban J connectivity index is 2.11. The second-order valence-corrected chi connectivity index (χ2v) is 7.34. The van der Waals surface area contributed by atoms with E-state index in [1.54, 1.807) is 6.92 Å². The number of β-lactam (4-membered cyclic amide) rings is 1. The molecule has 0 aromatic carbocycles. The average Bonchev–Trinajstić information content (AvgIpc) is 2.64. The Morgan fingerprint density at radius 3 is 2.62 bits per heavy atom. The third-order valence-corrected chi connectivity index (χ3v) is 5.17. The van der Waals surface area contributed by atoms with Gasteiger partial charge in [-0.2, -0.15) is 0 Å². The number of carboxylic acid groups (broad SMARTS) is 1. The molecule has 2 aliphatic heterocycles. The number of allylic oxidation sites excluding steroid dienone is 1. The van der Waals surface area contributed by atoms with E-state index >= 15 is 0 Å². The number of esters is 1. The molecule has 116 valence electrons. The molecule has 2 rings (SSSR count). The molecule has 0 radical (unpaired) electrons. The van der Waals surface area contributed by atoms with Crippen molar-refractivity contribution in [2.24, 2.45) is 0 Å². The van der Waals surface area contributed by atoms with Gasteiger partial charge in [-0.25, -0.2) is 9.59 Å². The molecule has 0 unspecified atom stereocenters. The molecule has 0 aliphatic carbocycles. The molecule has 7 nitrogen and oxygen atoms in total. The van der Waals surface area contributed by atoms with E-state index in [1.807, 2.05) is 13.8 Å². The molecule has 2 N–H and O–H groups in total. The second-order valence-electron chi connectivity index (χ2n) is 5.57. The number of ether oxygens (including phenoxy) is 1. The van der Waals surface area contributed by atoms with Crippen LogP contribution in [0, 0.1) is 0 Å². The fraction of sp³-hybridized carbons (Fsp3) is 0.615. The van der Waals surface area contributed by atoms with E-state index in [9.17, 15) is 19.5 Å². The van der Waals surface area contributed by atoms with E-state index in [0.717, 1.165) is 0 Å². The monoisotopic (exact) mass is 314 g/mol. The molecular weight excluding hydrogens is 296 g/mol. The number of carbonyl (C=O) groups is 3. The molecule has 8 heteroatoms. The average molecular weight is 314 g/mol. The van der Waals surface area contributed by atoms with E-state index in [2.05, 4.69) is 10.1 Å². The maximum Gasteiger partial charge on any atom is 0.332 e. The molecule has 0 aromatic heterocycles. The number of hydrogen-bond donors (Lipinski definition) is 2. The lowest BCUT2D eigenvalue weighted by molar-refractivity contribution is -0.160. The third kappa shape index (κ3) is 2.59. The number of carbonyl (C=O) groups excluding carboxylic acids is 2. The predicted molar refractivity (Wildman–Crippen MR) is 76.4 cm³/mol. The summed E-state index contributed by atoms with van der Waals surface area (Å²) in [4.78, 5) is 36.1. The minimum Gasteiger partial charge on any atom is -0.480 e. The van der Waals surface area contributed by atoms with Crippen LogP contribution >= 0.6 is 11.8 Å². The highest BCUT2D eigenvalue weighted by Gasteiger charge is 2.63. The lowest BCUT2D eigenvalue weighted by atomic mass is 9.96. The van der Waals surface area contributed by atoms with Gasteiger partial charge in [-0.3, -0.25) is 4.79 Å². The van der Waals surface area contributed by atoms with Crippen LogP contribution in [0.2, 0.25) is 0 Å². The van der Waals surface area contributed by atoms with Gasteiger partial charge in [0, 0.05) is 16.5 Å². The van der Waals surface area contributed by atoms with Crippen molar-refractivity contribution in [2.45, 2.75) is 43.0 Å². The number of thioether (sulfide) groups is 1. The third-order valence-electron chi connectivity index (χ3n) is 3.59. The van der Waals surface area contributed by atoms with Gasteiger partial charge in [-0.05, 0) is 20.8 Å². The molecule has 0 bridgehead atoms. The summed E-state index contributed by atoms with van der Waals surface area (Å²) >= 11 is 1.45. The number of carboxylic acids is 1. The van der Waals surface area contributed by atoms with E-state index in [0.29, 0.717) is 5.70 Å². The Kier molecular flexibility index (Phi) is 3.92. The molecule has 3 atom stereocenters. The summed E-state index contributed by atoms with van der Waals surface area (Å²) in [6.07, 6.45) is 1.26. The number of amides is 1. The standard InChI is InChI=1S/C13H18N2O5S/c1-6(5-7(16)20-4)14-8-10(17)15-9(12(18)19)13(2,3)21-11(8)15/h5,8-9,11,14H,1-4H3,(H,18,19)/t8-,9+,11-/m1/s1. The largest absolute Gasteiger partial charge is 0.480 e. The fourth-order valence-corrected chi connectivity index (χ4v) is 4.29. The number of nitrogens with zero attached hydrogens (tertiary/aromatic N) is 1. The van der Waals surface area contributed by atoms with Crippen LogP contribution in [0.4, 0.5) is 0 Å². The van der Waals surface area contributed by atoms with Crippen molar-refractivity contribution in [3.05, 3.63) is 11.8 Å². The molecule has 2 heterocycles. The Morgan fingerprint density at radius 1 is 1.48 bits per heavy atom. The minimum absolute atomic E-state index is 0.241. The first-order valence-electron chi connectivity index (χ1n) is 6.44. The lowest BCUT2D eigenvalue weighted by Crippen LogP contribution is -2.69. The number of nitrogens with one attached hydrogen (secondary N) is 1. The smallest absolute Gasteiger partial charge is 0.332 e. The van der Waals surface area contributed by atoms with Crippen molar-refractivity contribution in [2.75, 3.05) is 7.11 Å². The Labute approximate surface area is 126 Å². The topological polar surface area (TPSA) is 95.9 Å². The van der Waals surface area contributed by atoms with E-state index in [-0.39, 0.29) is 11.3 Å². The molecule has 0 spiro atoms. The summed E-state index contributed by atoms with van der Waals surface area (Å²) in [7, 11) is 1.27. The van der Waals surface area contributed by atoms with Crippen LogP contribution in [0.5, 0.6) is 0 Å². The summed E-state index contributed by atoms with van der Waals surface area (Å²) in [6, 6.07) is -1.34. The molecular formula is C13H18N2O5S. The Hall–Kier alpha value is -1.70. The van der Waals surface area contributed by atoms with Gasteiger partial charge >= 0.3 is 11.9 Å². The van der Waals surface area contributed by atoms with Gasteiger partial charge < -0.3 is 20.1 Å². The van der Waals surface area contributed by atoms with Gasteiger partial charge in [-0.1, -0.05) is 0 Å².